The number of nitrogen functional groups attached to an aromatic ring is 1. The largest absolute Gasteiger partial charge is 0.457 e. The van der Waals surface area contributed by atoms with E-state index in [-0.39, 0.29) is 36.0 Å². The molecule has 1 unspecified atom stereocenters. The van der Waals surface area contributed by atoms with Gasteiger partial charge in [-0.2, -0.15) is 16.9 Å². The minimum atomic E-state index is -0.0551. The summed E-state index contributed by atoms with van der Waals surface area (Å²) >= 11 is 1.92. The van der Waals surface area contributed by atoms with Gasteiger partial charge < -0.3 is 31.3 Å². The van der Waals surface area contributed by atoms with E-state index in [1.807, 2.05) is 82.0 Å². The third-order valence-electron chi connectivity index (χ3n) is 11.6. The summed E-state index contributed by atoms with van der Waals surface area (Å²) in [5, 5.41) is 15.3. The number of hydrogen-bond donors (Lipinski definition) is 4. The van der Waals surface area contributed by atoms with E-state index < -0.39 is 0 Å². The van der Waals surface area contributed by atoms with Crippen LogP contribution in [0.25, 0.3) is 22.3 Å². The molecule has 0 bridgehead atoms. The predicted molar refractivity (Wildman–Crippen MR) is 226 cm³/mol. The number of nitrogens with two attached hydrogens (primary N) is 1. The number of aromatic nitrogens is 4. The number of carbonyl (C=O) groups excluding carboxylic acids is 3. The van der Waals surface area contributed by atoms with E-state index in [4.69, 9.17) is 15.6 Å². The molecule has 0 saturated carbocycles. The lowest BCUT2D eigenvalue weighted by Crippen LogP contribution is -2.48. The Morgan fingerprint density at radius 3 is 2.59 bits per heavy atom. The molecule has 16 heteroatoms. The minimum absolute atomic E-state index is 0.00424. The molecule has 5 N–H and O–H groups in total. The number of carbonyl (C=O) groups is 3. The number of thioether (sulfide) groups is 1. The number of likely N-dealkylation sites (tertiary alicyclic amines) is 1. The summed E-state index contributed by atoms with van der Waals surface area (Å²) < 4.78 is 7.91. The van der Waals surface area contributed by atoms with Crippen molar-refractivity contribution in [3.05, 3.63) is 73.1 Å². The monoisotopic (exact) mass is 807 g/mol. The Labute approximate surface area is 343 Å². The number of rotatable bonds is 15. The van der Waals surface area contributed by atoms with Gasteiger partial charge in [0, 0.05) is 88.0 Å². The van der Waals surface area contributed by atoms with Gasteiger partial charge in [0.05, 0.1) is 23.5 Å². The minimum Gasteiger partial charge on any atom is -0.457 e. The molecule has 2 aromatic carbocycles. The molecule has 0 radical (unpaired) electrons. The molecule has 306 valence electrons. The Bertz CT molecular complexity index is 2070. The van der Waals surface area contributed by atoms with Crippen LogP contribution in [0.2, 0.25) is 0 Å². The third-order valence-corrected chi connectivity index (χ3v) is 13.1. The molecular formula is C42H53N11O4S. The van der Waals surface area contributed by atoms with Gasteiger partial charge in [-0.25, -0.2) is 19.4 Å². The lowest BCUT2D eigenvalue weighted by molar-refractivity contribution is -0.127. The number of fused-ring (bicyclic) bond motifs is 2. The number of piperazine rings is 1. The highest BCUT2D eigenvalue weighted by Gasteiger charge is 2.42. The van der Waals surface area contributed by atoms with Gasteiger partial charge in [-0.15, -0.1) is 0 Å². The molecule has 2 aromatic heterocycles. The Morgan fingerprint density at radius 1 is 0.966 bits per heavy atom. The van der Waals surface area contributed by atoms with Crippen LogP contribution in [0.4, 0.5) is 10.6 Å². The van der Waals surface area contributed by atoms with E-state index in [9.17, 15) is 14.4 Å². The fourth-order valence-corrected chi connectivity index (χ4v) is 9.98. The number of hydrogen-bond acceptors (Lipinski definition) is 11. The zero-order valence-electron chi connectivity index (χ0n) is 32.8. The van der Waals surface area contributed by atoms with E-state index in [0.29, 0.717) is 59.6 Å². The zero-order valence-corrected chi connectivity index (χ0v) is 33.6. The number of anilines is 1. The zero-order chi connectivity index (χ0) is 39.8. The van der Waals surface area contributed by atoms with Crippen LogP contribution in [0.3, 0.4) is 0 Å². The van der Waals surface area contributed by atoms with Gasteiger partial charge in [0.25, 0.3) is 0 Å². The van der Waals surface area contributed by atoms with Gasteiger partial charge in [0.2, 0.25) is 11.8 Å². The van der Waals surface area contributed by atoms with Gasteiger partial charge in [-0.05, 0) is 62.1 Å². The molecule has 15 nitrogen and oxygen atoms in total. The van der Waals surface area contributed by atoms with Gasteiger partial charge in [-0.1, -0.05) is 30.7 Å². The summed E-state index contributed by atoms with van der Waals surface area (Å²) in [6.45, 7) is 7.11. The highest BCUT2D eigenvalue weighted by atomic mass is 32.2. The van der Waals surface area contributed by atoms with Crippen LogP contribution in [0.5, 0.6) is 11.5 Å². The number of para-hydroxylation sites is 1. The summed E-state index contributed by atoms with van der Waals surface area (Å²) in [7, 11) is 0. The highest BCUT2D eigenvalue weighted by Crippen LogP contribution is 2.35. The van der Waals surface area contributed by atoms with Crippen molar-refractivity contribution in [1.82, 2.24) is 50.4 Å². The Morgan fingerprint density at radius 2 is 1.76 bits per heavy atom. The standard InChI is InChI=1S/C42H53N11O4S/c43-40-37-38(29-14-16-32(17-15-29)57-31-9-2-1-3-10-31)49-53(41(37)46-28-45-40)30-8-6-20-52(26-30)36(55)13-7-19-50-22-24-51(25-23-50)21-18-44-35(54)12-5-4-11-34-39-33(27-58-34)47-42(56)48-39/h1-3,7,9-10,13-17,28,30,33-34,39H,4-6,8,11-12,18-27H2,(H,44,54)(H2,43,45,46)(H2,47,48,56)/b13-7+/t30-,33+,34?,39+/m1/s1. The first-order valence-corrected chi connectivity index (χ1v) is 21.6. The average molecular weight is 808 g/mol. The molecule has 8 rings (SSSR count). The number of benzene rings is 2. The summed E-state index contributed by atoms with van der Waals surface area (Å²) in [4.78, 5) is 53.0. The Hall–Kier alpha value is -5.19. The molecule has 58 heavy (non-hydrogen) atoms. The molecule has 4 aromatic rings. The van der Waals surface area contributed by atoms with Crippen LogP contribution >= 0.6 is 11.8 Å². The average Bonchev–Trinajstić information content (AvgIpc) is 3.94. The Kier molecular flexibility index (Phi) is 12.7. The fraction of sp³-hybridized carbons (Fsp3) is 0.476. The van der Waals surface area contributed by atoms with Crippen LogP contribution in [-0.2, 0) is 9.59 Å². The van der Waals surface area contributed by atoms with Gasteiger partial charge in [0.1, 0.15) is 29.3 Å². The van der Waals surface area contributed by atoms with E-state index in [1.54, 1.807) is 6.08 Å². The lowest BCUT2D eigenvalue weighted by atomic mass is 10.0. The van der Waals surface area contributed by atoms with E-state index >= 15 is 0 Å². The molecule has 0 spiro atoms. The number of amides is 4. The second-order valence-corrected chi connectivity index (χ2v) is 16.8. The molecule has 4 aliphatic rings. The van der Waals surface area contributed by atoms with Gasteiger partial charge >= 0.3 is 6.03 Å². The van der Waals surface area contributed by atoms with Crippen LogP contribution in [0, 0.1) is 0 Å². The number of urea groups is 1. The maximum Gasteiger partial charge on any atom is 0.315 e. The van der Waals surface area contributed by atoms with Crippen molar-refractivity contribution in [2.45, 2.75) is 61.9 Å². The number of nitrogens with one attached hydrogen (secondary N) is 3. The van der Waals surface area contributed by atoms with Gasteiger partial charge in [-0.3, -0.25) is 19.4 Å². The molecule has 4 atom stereocenters. The molecule has 6 heterocycles. The third kappa shape index (κ3) is 9.56. The second kappa shape index (κ2) is 18.6. The first-order valence-electron chi connectivity index (χ1n) is 20.6. The molecule has 4 saturated heterocycles. The topological polar surface area (TPSA) is 176 Å². The van der Waals surface area contributed by atoms with Crippen molar-refractivity contribution < 1.29 is 19.1 Å². The maximum absolute atomic E-state index is 13.4. The van der Waals surface area contributed by atoms with Gasteiger partial charge in [0.15, 0.2) is 5.65 Å². The number of piperidine rings is 1. The quantitative estimate of drug-likeness (QED) is 0.0775. The van der Waals surface area contributed by atoms with Crippen molar-refractivity contribution in [3.63, 3.8) is 0 Å². The molecule has 4 amide bonds. The van der Waals surface area contributed by atoms with E-state index in [0.717, 1.165) is 88.4 Å². The van der Waals surface area contributed by atoms with E-state index in [2.05, 4.69) is 35.7 Å². The SMILES string of the molecule is Nc1ncnc2c1c(-c1ccc(Oc3ccccc3)cc1)nn2[C@@H]1CCCN(C(=O)/C=C/CN2CCN(CCNC(=O)CCCCC3SC[C@@H]4NC(=O)N[C@H]34)CC2)C1. The van der Waals surface area contributed by atoms with Crippen LogP contribution < -0.4 is 26.4 Å². The number of ether oxygens (including phenoxy) is 1. The van der Waals surface area contributed by atoms with Crippen molar-refractivity contribution in [1.29, 1.82) is 0 Å². The maximum atomic E-state index is 13.4. The highest BCUT2D eigenvalue weighted by molar-refractivity contribution is 8.00. The summed E-state index contributed by atoms with van der Waals surface area (Å²) in [6.07, 6.45) is 10.3. The predicted octanol–water partition coefficient (Wildman–Crippen LogP) is 4.05. The van der Waals surface area contributed by atoms with Crippen molar-refractivity contribution in [3.8, 4) is 22.8 Å². The number of unbranched alkanes of at least 4 members (excludes halogenated alkanes) is 1. The first-order chi connectivity index (χ1) is 28.4. The molecule has 0 aliphatic carbocycles. The van der Waals surface area contributed by atoms with Crippen LogP contribution in [0.1, 0.15) is 44.6 Å². The van der Waals surface area contributed by atoms with E-state index in [1.165, 1.54) is 6.33 Å². The summed E-state index contributed by atoms with van der Waals surface area (Å²) in [6, 6.07) is 17.8. The fourth-order valence-electron chi connectivity index (χ4n) is 8.43. The Balaban J connectivity index is 0.759. The van der Waals surface area contributed by atoms with Crippen molar-refractivity contribution in [2.75, 3.05) is 70.4 Å². The normalized spacial score (nSPS) is 22.6. The van der Waals surface area contributed by atoms with Crippen LogP contribution in [0.15, 0.2) is 73.1 Å². The van der Waals surface area contributed by atoms with Crippen molar-refractivity contribution >= 4 is 46.5 Å². The summed E-state index contributed by atoms with van der Waals surface area (Å²) in [5.74, 6) is 2.92. The number of nitrogens with zero attached hydrogens (tertiary/aromatic N) is 7. The van der Waals surface area contributed by atoms with Crippen LogP contribution in [-0.4, -0.2) is 134 Å². The second-order valence-electron chi connectivity index (χ2n) is 15.5. The molecule has 4 aliphatic heterocycles. The summed E-state index contributed by atoms with van der Waals surface area (Å²) in [5.41, 5.74) is 8.65. The first kappa shape index (κ1) is 39.6. The lowest BCUT2D eigenvalue weighted by Gasteiger charge is -2.34. The molecular weight excluding hydrogens is 755 g/mol. The van der Waals surface area contributed by atoms with Crippen molar-refractivity contribution in [2.24, 2.45) is 0 Å². The molecule has 4 fully saturated rings. The smallest absolute Gasteiger partial charge is 0.315 e.